The molecule has 0 aromatic heterocycles. The van der Waals surface area contributed by atoms with Gasteiger partial charge in [0, 0.05) is 16.0 Å². The van der Waals surface area contributed by atoms with E-state index in [0.29, 0.717) is 16.4 Å². The van der Waals surface area contributed by atoms with Gasteiger partial charge in [0.05, 0.1) is 11.3 Å². The number of hydrogen-bond acceptors (Lipinski definition) is 6. The molecule has 0 radical (unpaired) electrons. The van der Waals surface area contributed by atoms with E-state index in [1.165, 1.54) is 6.42 Å². The fraction of sp³-hybridized carbons (Fsp3) is 0.524. The summed E-state index contributed by atoms with van der Waals surface area (Å²) in [6, 6.07) is 6.73. The zero-order valence-corrected chi connectivity index (χ0v) is 17.8. The average Bonchev–Trinajstić information content (AvgIpc) is 3.02. The van der Waals surface area contributed by atoms with Crippen LogP contribution >= 0.6 is 11.8 Å². The van der Waals surface area contributed by atoms with Crippen LogP contribution in [0.25, 0.3) is 0 Å². The van der Waals surface area contributed by atoms with Gasteiger partial charge < -0.3 is 10.5 Å². The third kappa shape index (κ3) is 4.17. The maximum atomic E-state index is 12.3. The Hall–Kier alpha value is -2.35. The van der Waals surface area contributed by atoms with E-state index in [1.807, 2.05) is 0 Å². The molecule has 2 amide bonds. The number of nitrogens with two attached hydrogens (primary N) is 1. The summed E-state index contributed by atoms with van der Waals surface area (Å²) in [7, 11) is 0. The Morgan fingerprint density at radius 1 is 1.28 bits per heavy atom. The van der Waals surface area contributed by atoms with Crippen molar-refractivity contribution in [1.82, 2.24) is 5.43 Å². The monoisotopic (exact) mass is 417 g/mol. The number of hydrogen-bond donors (Lipinski definition) is 2. The van der Waals surface area contributed by atoms with Gasteiger partial charge in [-0.15, -0.1) is 11.8 Å². The number of rotatable bonds is 7. The van der Waals surface area contributed by atoms with E-state index in [9.17, 15) is 14.4 Å². The maximum Gasteiger partial charge on any atom is 0.339 e. The number of nitrogens with one attached hydrogen (secondary N) is 1. The molecule has 2 atom stereocenters. The topological polar surface area (TPSA) is 111 Å². The summed E-state index contributed by atoms with van der Waals surface area (Å²) in [4.78, 5) is 36.1. The quantitative estimate of drug-likeness (QED) is 0.403. The number of carbonyl (C=O) groups excluding carboxylic acids is 3. The van der Waals surface area contributed by atoms with Gasteiger partial charge in [0.2, 0.25) is 5.91 Å². The minimum absolute atomic E-state index is 0.00177. The van der Waals surface area contributed by atoms with Crippen molar-refractivity contribution in [2.75, 3.05) is 12.4 Å². The van der Waals surface area contributed by atoms with Gasteiger partial charge in [0.25, 0.3) is 5.91 Å². The third-order valence-corrected chi connectivity index (χ3v) is 7.73. The van der Waals surface area contributed by atoms with Gasteiger partial charge >= 0.3 is 5.97 Å². The van der Waals surface area contributed by atoms with Crippen LogP contribution in [0, 0.1) is 16.7 Å². The fourth-order valence-electron chi connectivity index (χ4n) is 4.38. The zero-order chi connectivity index (χ0) is 21.2. The number of thioether (sulfide) groups is 1. The summed E-state index contributed by atoms with van der Waals surface area (Å²) >= 11 is 1.15. The van der Waals surface area contributed by atoms with Crippen LogP contribution in [-0.4, -0.2) is 35.9 Å². The number of amides is 2. The molecule has 0 aliphatic heterocycles. The second kappa shape index (κ2) is 8.18. The molecule has 2 aliphatic carbocycles. The number of hydrazone groups is 1. The highest BCUT2D eigenvalue weighted by molar-refractivity contribution is 8.00. The normalized spacial score (nSPS) is 25.8. The van der Waals surface area contributed by atoms with E-state index < -0.39 is 24.4 Å². The molecule has 1 aromatic carbocycles. The number of esters is 1. The first-order valence-electron chi connectivity index (χ1n) is 9.68. The van der Waals surface area contributed by atoms with Crippen molar-refractivity contribution in [3.8, 4) is 0 Å². The summed E-state index contributed by atoms with van der Waals surface area (Å²) in [6.45, 7) is 6.33. The van der Waals surface area contributed by atoms with Crippen LogP contribution in [-0.2, 0) is 14.3 Å². The molecule has 2 unspecified atom stereocenters. The van der Waals surface area contributed by atoms with Crippen LogP contribution in [0.15, 0.2) is 34.3 Å². The lowest BCUT2D eigenvalue weighted by atomic mass is 9.70. The predicted molar refractivity (Wildman–Crippen MR) is 111 cm³/mol. The molecule has 2 bridgehead atoms. The van der Waals surface area contributed by atoms with E-state index in [2.05, 4.69) is 31.3 Å². The highest BCUT2D eigenvalue weighted by Crippen LogP contribution is 2.63. The Balaban J connectivity index is 1.56. The molecule has 2 aliphatic rings. The second-order valence-corrected chi connectivity index (χ2v) is 9.43. The number of nitrogens with zero attached hydrogens (tertiary/aromatic N) is 1. The molecule has 1 aromatic rings. The van der Waals surface area contributed by atoms with Gasteiger partial charge in [-0.3, -0.25) is 9.59 Å². The first-order chi connectivity index (χ1) is 13.6. The van der Waals surface area contributed by atoms with E-state index in [0.717, 1.165) is 30.3 Å². The fourth-order valence-corrected chi connectivity index (χ4v) is 5.16. The minimum atomic E-state index is -0.631. The zero-order valence-electron chi connectivity index (χ0n) is 17.0. The van der Waals surface area contributed by atoms with Crippen LogP contribution in [0.4, 0.5) is 0 Å². The molecular formula is C21H27N3O4S. The van der Waals surface area contributed by atoms with E-state index >= 15 is 0 Å². The number of carbonyl (C=O) groups is 3. The summed E-state index contributed by atoms with van der Waals surface area (Å²) < 4.78 is 5.13. The number of ether oxygens (including phenoxy) is 1. The van der Waals surface area contributed by atoms with Crippen LogP contribution in [0.5, 0.6) is 0 Å². The largest absolute Gasteiger partial charge is 0.452 e. The lowest BCUT2D eigenvalue weighted by Crippen LogP contribution is -2.35. The molecular weight excluding hydrogens is 390 g/mol. The minimum Gasteiger partial charge on any atom is -0.452 e. The van der Waals surface area contributed by atoms with Crippen molar-refractivity contribution in [2.24, 2.45) is 27.6 Å². The number of primary amides is 1. The van der Waals surface area contributed by atoms with Crippen molar-refractivity contribution in [2.45, 2.75) is 44.9 Å². The standard InChI is InChI=1S/C21H27N3O4S/c1-20(2)13-8-9-21(20,3)16(10-13)23-24-18(26)11-28-19(27)14-6-4-5-7-15(14)29-12-17(22)25/h4-7,13H,8-12H2,1-3H3,(H2,22,25)(H,24,26)/b23-16-. The van der Waals surface area contributed by atoms with Crippen LogP contribution in [0.3, 0.4) is 0 Å². The van der Waals surface area contributed by atoms with Crippen LogP contribution in [0.2, 0.25) is 0 Å². The smallest absolute Gasteiger partial charge is 0.339 e. The summed E-state index contributed by atoms with van der Waals surface area (Å²) in [5.41, 5.74) is 9.18. The van der Waals surface area contributed by atoms with Gasteiger partial charge in [-0.1, -0.05) is 32.9 Å². The van der Waals surface area contributed by atoms with Crippen LogP contribution < -0.4 is 11.2 Å². The predicted octanol–water partition coefficient (Wildman–Crippen LogP) is 2.74. The van der Waals surface area contributed by atoms with Gasteiger partial charge in [-0.2, -0.15) is 5.10 Å². The van der Waals surface area contributed by atoms with Crippen molar-refractivity contribution in [1.29, 1.82) is 0 Å². The Kier molecular flexibility index (Phi) is 6.03. The van der Waals surface area contributed by atoms with Crippen molar-refractivity contribution in [3.05, 3.63) is 29.8 Å². The second-order valence-electron chi connectivity index (χ2n) is 8.41. The molecule has 3 N–H and O–H groups in total. The molecule has 8 heteroatoms. The summed E-state index contributed by atoms with van der Waals surface area (Å²) in [5.74, 6) is -0.937. The van der Waals surface area contributed by atoms with E-state index in [1.54, 1.807) is 24.3 Å². The summed E-state index contributed by atoms with van der Waals surface area (Å²) in [5, 5.41) is 4.36. The van der Waals surface area contributed by atoms with Crippen LogP contribution in [0.1, 0.15) is 50.4 Å². The van der Waals surface area contributed by atoms with E-state index in [4.69, 9.17) is 10.5 Å². The first-order valence-corrected chi connectivity index (χ1v) is 10.7. The lowest BCUT2D eigenvalue weighted by Gasteiger charge is -2.34. The SMILES string of the molecule is CC12CCC(C/C1=N/NC(=O)COC(=O)c1ccccc1SCC(N)=O)C2(C)C. The van der Waals surface area contributed by atoms with E-state index in [-0.39, 0.29) is 16.6 Å². The van der Waals surface area contributed by atoms with Gasteiger partial charge in [-0.25, -0.2) is 10.2 Å². The molecule has 7 nitrogen and oxygen atoms in total. The lowest BCUT2D eigenvalue weighted by molar-refractivity contribution is -0.124. The Labute approximate surface area is 174 Å². The average molecular weight is 418 g/mol. The highest BCUT2D eigenvalue weighted by Gasteiger charge is 2.60. The molecule has 2 fully saturated rings. The highest BCUT2D eigenvalue weighted by atomic mass is 32.2. The maximum absolute atomic E-state index is 12.3. The first kappa shape index (κ1) is 21.4. The Morgan fingerprint density at radius 3 is 2.62 bits per heavy atom. The van der Waals surface area contributed by atoms with Gasteiger partial charge in [0.1, 0.15) is 0 Å². The Morgan fingerprint density at radius 2 is 2.00 bits per heavy atom. The van der Waals surface area contributed by atoms with Gasteiger partial charge in [0.15, 0.2) is 6.61 Å². The third-order valence-electron chi connectivity index (χ3n) is 6.64. The molecule has 29 heavy (non-hydrogen) atoms. The molecule has 0 heterocycles. The van der Waals surface area contributed by atoms with Crippen molar-refractivity contribution < 1.29 is 19.1 Å². The number of benzene rings is 1. The van der Waals surface area contributed by atoms with Gasteiger partial charge in [-0.05, 0) is 42.7 Å². The molecule has 3 rings (SSSR count). The molecule has 0 spiro atoms. The van der Waals surface area contributed by atoms with Crippen molar-refractivity contribution >= 4 is 35.3 Å². The number of fused-ring (bicyclic) bond motifs is 2. The molecule has 2 saturated carbocycles. The molecule has 156 valence electrons. The van der Waals surface area contributed by atoms with Crippen molar-refractivity contribution in [3.63, 3.8) is 0 Å². The Bertz CT molecular complexity index is 867. The molecule has 0 saturated heterocycles. The summed E-state index contributed by atoms with van der Waals surface area (Å²) in [6.07, 6.45) is 3.17.